The average molecular weight is 203 g/mol. The monoisotopic (exact) mass is 203 g/mol. The Morgan fingerprint density at radius 2 is 2.50 bits per heavy atom. The molecule has 1 atom stereocenters. The van der Waals surface area contributed by atoms with Crippen LogP contribution in [-0.4, -0.2) is 55.6 Å². The zero-order valence-electron chi connectivity index (χ0n) is 8.44. The van der Waals surface area contributed by atoms with Gasteiger partial charge >= 0.3 is 6.09 Å². The number of aliphatic hydroxyl groups excluding tert-OH is 1. The Morgan fingerprint density at radius 1 is 1.71 bits per heavy atom. The average Bonchev–Trinajstić information content (AvgIpc) is 2.18. The third kappa shape index (κ3) is 2.85. The summed E-state index contributed by atoms with van der Waals surface area (Å²) in [6.45, 7) is 1.68. The largest absolute Gasteiger partial charge is 0.449 e. The number of cyclic esters (lactones) is 1. The SMILES string of the molecule is COCC(CCO)N1CCCOC1=O. The Hall–Kier alpha value is -0.810. The van der Waals surface area contributed by atoms with Crippen LogP contribution in [0.1, 0.15) is 12.8 Å². The van der Waals surface area contributed by atoms with Gasteiger partial charge in [0.05, 0.1) is 19.3 Å². The van der Waals surface area contributed by atoms with Gasteiger partial charge in [-0.1, -0.05) is 0 Å². The van der Waals surface area contributed by atoms with E-state index < -0.39 is 0 Å². The van der Waals surface area contributed by atoms with Crippen molar-refractivity contribution in [1.82, 2.24) is 4.90 Å². The Labute approximate surface area is 83.6 Å². The molecule has 1 heterocycles. The van der Waals surface area contributed by atoms with Gasteiger partial charge < -0.3 is 19.5 Å². The molecule has 0 aliphatic carbocycles. The Kier molecular flexibility index (Phi) is 4.69. The lowest BCUT2D eigenvalue weighted by atomic mass is 10.2. The van der Waals surface area contributed by atoms with Crippen LogP contribution in [0.5, 0.6) is 0 Å². The van der Waals surface area contributed by atoms with Crippen molar-refractivity contribution in [2.45, 2.75) is 18.9 Å². The fraction of sp³-hybridized carbons (Fsp3) is 0.889. The van der Waals surface area contributed by atoms with Crippen molar-refractivity contribution in [1.29, 1.82) is 0 Å². The zero-order chi connectivity index (χ0) is 10.4. The lowest BCUT2D eigenvalue weighted by molar-refractivity contribution is 0.0255. The molecule has 1 fully saturated rings. The van der Waals surface area contributed by atoms with Crippen LogP contribution in [-0.2, 0) is 9.47 Å². The molecule has 0 bridgehead atoms. The molecule has 14 heavy (non-hydrogen) atoms. The van der Waals surface area contributed by atoms with Gasteiger partial charge in [-0.05, 0) is 12.8 Å². The number of amides is 1. The first-order valence-corrected chi connectivity index (χ1v) is 4.82. The molecule has 0 spiro atoms. The smallest absolute Gasteiger partial charge is 0.410 e. The van der Waals surface area contributed by atoms with Crippen LogP contribution in [0.15, 0.2) is 0 Å². The summed E-state index contributed by atoms with van der Waals surface area (Å²) in [5.41, 5.74) is 0. The molecule has 0 saturated carbocycles. The summed E-state index contributed by atoms with van der Waals surface area (Å²) >= 11 is 0. The van der Waals surface area contributed by atoms with E-state index in [1.54, 1.807) is 12.0 Å². The first-order valence-electron chi connectivity index (χ1n) is 4.82. The van der Waals surface area contributed by atoms with Crippen LogP contribution in [0.2, 0.25) is 0 Å². The predicted octanol–water partition coefficient (Wildman–Crippen LogP) is 0.226. The van der Waals surface area contributed by atoms with Gasteiger partial charge in [-0.15, -0.1) is 0 Å². The maximum absolute atomic E-state index is 11.4. The number of nitrogens with zero attached hydrogens (tertiary/aromatic N) is 1. The molecule has 0 aromatic carbocycles. The molecule has 1 aliphatic rings. The summed E-state index contributed by atoms with van der Waals surface area (Å²) in [5.74, 6) is 0. The van der Waals surface area contributed by atoms with Crippen LogP contribution in [0.3, 0.4) is 0 Å². The Morgan fingerprint density at radius 3 is 3.07 bits per heavy atom. The second kappa shape index (κ2) is 5.82. The fourth-order valence-electron chi connectivity index (χ4n) is 1.57. The molecule has 5 heteroatoms. The Bertz CT molecular complexity index is 180. The molecule has 1 N–H and O–H groups in total. The van der Waals surface area contributed by atoms with Crippen molar-refractivity contribution in [3.8, 4) is 0 Å². The number of methoxy groups -OCH3 is 1. The molecule has 0 aromatic heterocycles. The fourth-order valence-corrected chi connectivity index (χ4v) is 1.57. The van der Waals surface area contributed by atoms with E-state index in [9.17, 15) is 4.79 Å². The van der Waals surface area contributed by atoms with E-state index in [1.165, 1.54) is 0 Å². The van der Waals surface area contributed by atoms with E-state index in [1.807, 2.05) is 0 Å². The molecule has 1 rings (SSSR count). The van der Waals surface area contributed by atoms with Crippen LogP contribution >= 0.6 is 0 Å². The van der Waals surface area contributed by atoms with Crippen molar-refractivity contribution in [3.63, 3.8) is 0 Å². The maximum atomic E-state index is 11.4. The van der Waals surface area contributed by atoms with E-state index in [0.717, 1.165) is 6.42 Å². The highest BCUT2D eigenvalue weighted by Crippen LogP contribution is 2.12. The number of rotatable bonds is 5. The van der Waals surface area contributed by atoms with Crippen molar-refractivity contribution in [3.05, 3.63) is 0 Å². The van der Waals surface area contributed by atoms with Crippen molar-refractivity contribution >= 4 is 6.09 Å². The quantitative estimate of drug-likeness (QED) is 0.694. The van der Waals surface area contributed by atoms with Crippen LogP contribution in [0.25, 0.3) is 0 Å². The number of ether oxygens (including phenoxy) is 2. The summed E-state index contributed by atoms with van der Waals surface area (Å²) in [6, 6.07) is -0.0715. The van der Waals surface area contributed by atoms with Crippen LogP contribution < -0.4 is 0 Å². The first kappa shape index (κ1) is 11.3. The summed E-state index contributed by atoms with van der Waals surface area (Å²) in [4.78, 5) is 13.0. The zero-order valence-corrected chi connectivity index (χ0v) is 8.44. The summed E-state index contributed by atoms with van der Waals surface area (Å²) in [5, 5.41) is 8.85. The van der Waals surface area contributed by atoms with Crippen molar-refractivity contribution in [2.75, 3.05) is 33.5 Å². The lowest BCUT2D eigenvalue weighted by Gasteiger charge is -2.33. The number of hydrogen-bond acceptors (Lipinski definition) is 4. The molecular formula is C9H17NO4. The Balaban J connectivity index is 2.50. The molecule has 1 aliphatic heterocycles. The minimum Gasteiger partial charge on any atom is -0.449 e. The second-order valence-corrected chi connectivity index (χ2v) is 3.28. The maximum Gasteiger partial charge on any atom is 0.410 e. The number of carbonyl (C=O) groups excluding carboxylic acids is 1. The van der Waals surface area contributed by atoms with Crippen molar-refractivity contribution in [2.24, 2.45) is 0 Å². The molecule has 82 valence electrons. The molecule has 1 amide bonds. The van der Waals surface area contributed by atoms with E-state index in [-0.39, 0.29) is 18.7 Å². The van der Waals surface area contributed by atoms with E-state index >= 15 is 0 Å². The highest BCUT2D eigenvalue weighted by Gasteiger charge is 2.26. The van der Waals surface area contributed by atoms with Gasteiger partial charge in [0.1, 0.15) is 0 Å². The molecule has 1 unspecified atom stereocenters. The van der Waals surface area contributed by atoms with Crippen LogP contribution in [0, 0.1) is 0 Å². The normalized spacial score (nSPS) is 19.3. The molecule has 0 aromatic rings. The van der Waals surface area contributed by atoms with Gasteiger partial charge in [0.25, 0.3) is 0 Å². The second-order valence-electron chi connectivity index (χ2n) is 3.28. The topological polar surface area (TPSA) is 59.0 Å². The number of hydrogen-bond donors (Lipinski definition) is 1. The van der Waals surface area contributed by atoms with Gasteiger partial charge in [0.2, 0.25) is 0 Å². The van der Waals surface area contributed by atoms with Crippen molar-refractivity contribution < 1.29 is 19.4 Å². The lowest BCUT2D eigenvalue weighted by Crippen LogP contribution is -2.47. The summed E-state index contributed by atoms with van der Waals surface area (Å²) in [6.07, 6.45) is 1.08. The first-order chi connectivity index (χ1) is 6.79. The molecule has 1 saturated heterocycles. The molecular weight excluding hydrogens is 186 g/mol. The van der Waals surface area contributed by atoms with Crippen LogP contribution in [0.4, 0.5) is 4.79 Å². The summed E-state index contributed by atoms with van der Waals surface area (Å²) < 4.78 is 9.91. The van der Waals surface area contributed by atoms with Gasteiger partial charge in [-0.3, -0.25) is 0 Å². The van der Waals surface area contributed by atoms with Gasteiger partial charge in [-0.2, -0.15) is 0 Å². The standard InChI is InChI=1S/C9H17NO4/c1-13-7-8(3-5-11)10-4-2-6-14-9(10)12/h8,11H,2-7H2,1H3. The summed E-state index contributed by atoms with van der Waals surface area (Å²) in [7, 11) is 1.58. The predicted molar refractivity (Wildman–Crippen MR) is 50.0 cm³/mol. The third-order valence-corrected chi connectivity index (χ3v) is 2.27. The van der Waals surface area contributed by atoms with Gasteiger partial charge in [0.15, 0.2) is 0 Å². The van der Waals surface area contributed by atoms with E-state index in [4.69, 9.17) is 14.6 Å². The number of carbonyl (C=O) groups is 1. The van der Waals surface area contributed by atoms with Gasteiger partial charge in [-0.25, -0.2) is 4.79 Å². The number of aliphatic hydroxyl groups is 1. The van der Waals surface area contributed by atoms with Gasteiger partial charge in [0, 0.05) is 20.3 Å². The highest BCUT2D eigenvalue weighted by atomic mass is 16.6. The van der Waals surface area contributed by atoms with E-state index in [2.05, 4.69) is 0 Å². The minimum absolute atomic E-state index is 0.0534. The molecule has 0 radical (unpaired) electrons. The molecule has 5 nitrogen and oxygen atoms in total. The minimum atomic E-state index is -0.299. The highest BCUT2D eigenvalue weighted by molar-refractivity contribution is 5.68. The van der Waals surface area contributed by atoms with E-state index in [0.29, 0.717) is 26.2 Å². The third-order valence-electron chi connectivity index (χ3n) is 2.27.